The Bertz CT molecular complexity index is 543. The molecule has 3 atom stereocenters. The Morgan fingerprint density at radius 3 is 3.00 bits per heavy atom. The highest BCUT2D eigenvalue weighted by molar-refractivity contribution is 5.95. The normalized spacial score (nSPS) is 26.8. The SMILES string of the molecule is CCC1OCCC1C(O)c1ccc2c(c1)CCC(=O)N2C. The number of benzene rings is 1. The molecule has 0 aliphatic carbocycles. The molecule has 3 rings (SSSR count). The molecule has 1 N–H and O–H groups in total. The van der Waals surface area contributed by atoms with Gasteiger partial charge in [-0.1, -0.05) is 19.1 Å². The number of carbonyl (C=O) groups excluding carboxylic acids is 1. The highest BCUT2D eigenvalue weighted by Crippen LogP contribution is 2.37. The predicted octanol–water partition coefficient (Wildman–Crippen LogP) is 2.44. The zero-order chi connectivity index (χ0) is 15.0. The van der Waals surface area contributed by atoms with Gasteiger partial charge in [-0.25, -0.2) is 0 Å². The van der Waals surface area contributed by atoms with E-state index < -0.39 is 6.10 Å². The van der Waals surface area contributed by atoms with Gasteiger partial charge in [0.2, 0.25) is 5.91 Å². The fourth-order valence-electron chi connectivity index (χ4n) is 3.55. The highest BCUT2D eigenvalue weighted by atomic mass is 16.5. The first kappa shape index (κ1) is 14.5. The van der Waals surface area contributed by atoms with Crippen molar-refractivity contribution in [2.45, 2.75) is 44.8 Å². The summed E-state index contributed by atoms with van der Waals surface area (Å²) in [5, 5.41) is 10.7. The molecule has 1 fully saturated rings. The standard InChI is InChI=1S/C17H23NO3/c1-3-15-13(8-9-21-15)17(20)12-4-6-14-11(10-12)5-7-16(19)18(14)2/h4,6,10,13,15,17,20H,3,5,7-9H2,1-2H3. The second-order valence-corrected chi connectivity index (χ2v) is 6.06. The lowest BCUT2D eigenvalue weighted by molar-refractivity contribution is -0.118. The average Bonchev–Trinajstić information content (AvgIpc) is 2.98. The van der Waals surface area contributed by atoms with Gasteiger partial charge in [0.1, 0.15) is 0 Å². The number of hydrogen-bond donors (Lipinski definition) is 1. The molecule has 21 heavy (non-hydrogen) atoms. The van der Waals surface area contributed by atoms with Crippen LogP contribution in [0.15, 0.2) is 18.2 Å². The van der Waals surface area contributed by atoms with E-state index in [0.717, 1.165) is 42.7 Å². The molecule has 1 saturated heterocycles. The minimum Gasteiger partial charge on any atom is -0.388 e. The summed E-state index contributed by atoms with van der Waals surface area (Å²) in [6, 6.07) is 5.97. The Hall–Kier alpha value is -1.39. The van der Waals surface area contributed by atoms with Crippen LogP contribution >= 0.6 is 0 Å². The summed E-state index contributed by atoms with van der Waals surface area (Å²) in [5.74, 6) is 0.335. The van der Waals surface area contributed by atoms with Crippen molar-refractivity contribution in [1.82, 2.24) is 0 Å². The van der Waals surface area contributed by atoms with Crippen LogP contribution in [-0.4, -0.2) is 30.8 Å². The van der Waals surface area contributed by atoms with Crippen LogP contribution < -0.4 is 4.90 Å². The van der Waals surface area contributed by atoms with Gasteiger partial charge < -0.3 is 14.7 Å². The molecule has 1 aromatic carbocycles. The Balaban J connectivity index is 1.85. The van der Waals surface area contributed by atoms with E-state index in [1.54, 1.807) is 4.90 Å². The van der Waals surface area contributed by atoms with Crippen LogP contribution in [0.1, 0.15) is 43.4 Å². The molecule has 0 spiro atoms. The van der Waals surface area contributed by atoms with Crippen LogP contribution in [0.4, 0.5) is 5.69 Å². The van der Waals surface area contributed by atoms with Gasteiger partial charge in [0.15, 0.2) is 0 Å². The van der Waals surface area contributed by atoms with Crippen molar-refractivity contribution >= 4 is 11.6 Å². The van der Waals surface area contributed by atoms with Gasteiger partial charge in [-0.3, -0.25) is 4.79 Å². The maximum Gasteiger partial charge on any atom is 0.227 e. The molecule has 2 heterocycles. The van der Waals surface area contributed by atoms with Gasteiger partial charge in [0.05, 0.1) is 12.2 Å². The Morgan fingerprint density at radius 1 is 1.43 bits per heavy atom. The van der Waals surface area contributed by atoms with E-state index >= 15 is 0 Å². The molecule has 114 valence electrons. The monoisotopic (exact) mass is 289 g/mol. The van der Waals surface area contributed by atoms with E-state index in [1.807, 2.05) is 19.2 Å². The predicted molar refractivity (Wildman–Crippen MR) is 81.3 cm³/mol. The lowest BCUT2D eigenvalue weighted by Crippen LogP contribution is -2.31. The lowest BCUT2D eigenvalue weighted by atomic mass is 9.87. The van der Waals surface area contributed by atoms with Crippen molar-refractivity contribution in [1.29, 1.82) is 0 Å². The van der Waals surface area contributed by atoms with Crippen LogP contribution in [0.2, 0.25) is 0 Å². The van der Waals surface area contributed by atoms with Gasteiger partial charge in [0.25, 0.3) is 0 Å². The molecule has 4 heteroatoms. The Kier molecular flexibility index (Phi) is 4.00. The first-order chi connectivity index (χ1) is 10.1. The van der Waals surface area contributed by atoms with E-state index in [0.29, 0.717) is 6.42 Å². The third-order valence-electron chi connectivity index (χ3n) is 4.86. The van der Waals surface area contributed by atoms with Crippen molar-refractivity contribution in [2.75, 3.05) is 18.6 Å². The second-order valence-electron chi connectivity index (χ2n) is 6.06. The molecule has 4 nitrogen and oxygen atoms in total. The van der Waals surface area contributed by atoms with Crippen LogP contribution in [0, 0.1) is 5.92 Å². The maximum atomic E-state index is 11.7. The number of anilines is 1. The Morgan fingerprint density at radius 2 is 2.24 bits per heavy atom. The summed E-state index contributed by atoms with van der Waals surface area (Å²) >= 11 is 0. The molecule has 0 saturated carbocycles. The number of amides is 1. The molecular weight excluding hydrogens is 266 g/mol. The molecule has 0 bridgehead atoms. The summed E-state index contributed by atoms with van der Waals surface area (Å²) in [5.41, 5.74) is 3.07. The van der Waals surface area contributed by atoms with Crippen molar-refractivity contribution in [3.63, 3.8) is 0 Å². The largest absolute Gasteiger partial charge is 0.388 e. The number of aliphatic hydroxyl groups excluding tert-OH is 1. The third kappa shape index (κ3) is 2.58. The number of aryl methyl sites for hydroxylation is 1. The third-order valence-corrected chi connectivity index (χ3v) is 4.86. The number of fused-ring (bicyclic) bond motifs is 1. The van der Waals surface area contributed by atoms with Gasteiger partial charge in [-0.2, -0.15) is 0 Å². The Labute approximate surface area is 125 Å². The van der Waals surface area contributed by atoms with Crippen molar-refractivity contribution in [3.8, 4) is 0 Å². The van der Waals surface area contributed by atoms with Crippen molar-refractivity contribution in [3.05, 3.63) is 29.3 Å². The summed E-state index contributed by atoms with van der Waals surface area (Å²) in [6.45, 7) is 2.84. The molecule has 3 unspecified atom stereocenters. The van der Waals surface area contributed by atoms with E-state index in [9.17, 15) is 9.90 Å². The average molecular weight is 289 g/mol. The maximum absolute atomic E-state index is 11.7. The van der Waals surface area contributed by atoms with Gasteiger partial charge in [0, 0.05) is 31.7 Å². The molecular formula is C17H23NO3. The molecule has 0 aromatic heterocycles. The van der Waals surface area contributed by atoms with Gasteiger partial charge in [-0.15, -0.1) is 0 Å². The summed E-state index contributed by atoms with van der Waals surface area (Å²) < 4.78 is 5.69. The van der Waals surface area contributed by atoms with E-state index in [-0.39, 0.29) is 17.9 Å². The molecule has 0 radical (unpaired) electrons. The summed E-state index contributed by atoms with van der Waals surface area (Å²) in [6.07, 6.45) is 2.83. The number of rotatable bonds is 3. The van der Waals surface area contributed by atoms with E-state index in [1.165, 1.54) is 0 Å². The van der Waals surface area contributed by atoms with Crippen LogP contribution in [0.5, 0.6) is 0 Å². The highest BCUT2D eigenvalue weighted by Gasteiger charge is 2.34. The van der Waals surface area contributed by atoms with Crippen molar-refractivity contribution in [2.24, 2.45) is 5.92 Å². The molecule has 2 aliphatic rings. The van der Waals surface area contributed by atoms with E-state index in [4.69, 9.17) is 4.74 Å². The number of ether oxygens (including phenoxy) is 1. The van der Waals surface area contributed by atoms with Crippen molar-refractivity contribution < 1.29 is 14.6 Å². The van der Waals surface area contributed by atoms with Crippen LogP contribution in [-0.2, 0) is 16.0 Å². The molecule has 1 aromatic rings. The second kappa shape index (κ2) is 5.78. The number of nitrogens with zero attached hydrogens (tertiary/aromatic N) is 1. The molecule has 1 amide bonds. The lowest BCUT2D eigenvalue weighted by Gasteiger charge is -2.28. The first-order valence-electron chi connectivity index (χ1n) is 7.81. The quantitative estimate of drug-likeness (QED) is 0.930. The fourth-order valence-corrected chi connectivity index (χ4v) is 3.55. The number of aliphatic hydroxyl groups is 1. The van der Waals surface area contributed by atoms with Gasteiger partial charge in [-0.05, 0) is 36.5 Å². The topological polar surface area (TPSA) is 49.8 Å². The van der Waals surface area contributed by atoms with Crippen LogP contribution in [0.3, 0.4) is 0 Å². The molecule has 2 aliphatic heterocycles. The first-order valence-corrected chi connectivity index (χ1v) is 7.81. The number of carbonyl (C=O) groups is 1. The summed E-state index contributed by atoms with van der Waals surface area (Å²) in [7, 11) is 1.81. The van der Waals surface area contributed by atoms with Gasteiger partial charge >= 0.3 is 0 Å². The zero-order valence-corrected chi connectivity index (χ0v) is 12.7. The number of hydrogen-bond acceptors (Lipinski definition) is 3. The fraction of sp³-hybridized carbons (Fsp3) is 0.588. The van der Waals surface area contributed by atoms with E-state index in [2.05, 4.69) is 13.0 Å². The van der Waals surface area contributed by atoms with Crippen LogP contribution in [0.25, 0.3) is 0 Å². The zero-order valence-electron chi connectivity index (χ0n) is 12.7. The summed E-state index contributed by atoms with van der Waals surface area (Å²) in [4.78, 5) is 13.4. The minimum absolute atomic E-state index is 0.153. The minimum atomic E-state index is -0.481. The smallest absolute Gasteiger partial charge is 0.227 e.